The molecule has 0 aromatic rings. The predicted molar refractivity (Wildman–Crippen MR) is 55.4 cm³/mol. The molecular weight excluding hydrogens is 182 g/mol. The molecule has 0 fully saturated rings. The second kappa shape index (κ2) is 8.93. The van der Waals surface area contributed by atoms with Crippen molar-refractivity contribution in [3.05, 3.63) is 0 Å². The lowest BCUT2D eigenvalue weighted by Gasteiger charge is -2.18. The van der Waals surface area contributed by atoms with E-state index >= 15 is 0 Å². The monoisotopic (exact) mass is 203 g/mol. The van der Waals surface area contributed by atoms with Gasteiger partial charge in [-0.2, -0.15) is 0 Å². The largest absolute Gasteiger partial charge is 0.395 e. The Bertz CT molecular complexity index is 153. The molecule has 0 unspecified atom stereocenters. The quantitative estimate of drug-likeness (QED) is 0.214. The molecule has 4 N–H and O–H groups in total. The number of hydrogen-bond acceptors (Lipinski definition) is 4. The Morgan fingerprint density at radius 2 is 2.14 bits per heavy atom. The molecule has 0 saturated heterocycles. The van der Waals surface area contributed by atoms with Gasteiger partial charge in [-0.25, -0.2) is 5.84 Å². The minimum absolute atomic E-state index is 0.116. The molecule has 5 nitrogen and oxygen atoms in total. The van der Waals surface area contributed by atoms with E-state index in [0.717, 1.165) is 25.9 Å². The van der Waals surface area contributed by atoms with E-state index in [4.69, 9.17) is 10.9 Å². The van der Waals surface area contributed by atoms with Gasteiger partial charge in [0.15, 0.2) is 0 Å². The maximum atomic E-state index is 10.8. The van der Waals surface area contributed by atoms with Gasteiger partial charge in [0.25, 0.3) is 0 Å². The van der Waals surface area contributed by atoms with Gasteiger partial charge in [0, 0.05) is 13.0 Å². The van der Waals surface area contributed by atoms with Gasteiger partial charge in [0.05, 0.1) is 6.61 Å². The summed E-state index contributed by atoms with van der Waals surface area (Å²) in [5.74, 6) is 4.83. The van der Waals surface area contributed by atoms with Crippen molar-refractivity contribution >= 4 is 5.91 Å². The summed E-state index contributed by atoms with van der Waals surface area (Å²) in [4.78, 5) is 12.9. The van der Waals surface area contributed by atoms with E-state index in [1.807, 2.05) is 0 Å². The number of hydrazine groups is 1. The number of amides is 1. The number of carbonyl (C=O) groups excluding carboxylic acids is 1. The van der Waals surface area contributed by atoms with Gasteiger partial charge < -0.3 is 10.0 Å². The highest BCUT2D eigenvalue weighted by molar-refractivity contribution is 5.74. The molecule has 0 aromatic heterocycles. The summed E-state index contributed by atoms with van der Waals surface area (Å²) in [5, 5.41) is 8.73. The molecule has 0 atom stereocenters. The summed E-state index contributed by atoms with van der Waals surface area (Å²) in [7, 11) is 0. The third-order valence-electron chi connectivity index (χ3n) is 2.15. The molecule has 0 heterocycles. The molecule has 0 aliphatic heterocycles. The summed E-state index contributed by atoms with van der Waals surface area (Å²) in [5.41, 5.74) is 2.10. The van der Waals surface area contributed by atoms with Gasteiger partial charge >= 0.3 is 0 Å². The summed E-state index contributed by atoms with van der Waals surface area (Å²) in [6.45, 7) is 4.82. The van der Waals surface area contributed by atoms with Crippen molar-refractivity contribution in [2.75, 3.05) is 26.2 Å². The van der Waals surface area contributed by atoms with Crippen molar-refractivity contribution in [1.82, 2.24) is 10.3 Å². The number of nitrogens with two attached hydrogens (primary N) is 1. The third-order valence-corrected chi connectivity index (χ3v) is 2.15. The lowest BCUT2D eigenvalue weighted by Crippen LogP contribution is -2.30. The number of likely N-dealkylation sites (N-methyl/N-ethyl adjacent to an activating group) is 1. The van der Waals surface area contributed by atoms with Crippen molar-refractivity contribution in [1.29, 1.82) is 0 Å². The van der Waals surface area contributed by atoms with Crippen LogP contribution in [-0.2, 0) is 4.79 Å². The van der Waals surface area contributed by atoms with Crippen molar-refractivity contribution in [3.8, 4) is 0 Å². The number of carbonyl (C=O) groups is 1. The smallest absolute Gasteiger partial charge is 0.233 e. The average molecular weight is 203 g/mol. The molecule has 0 spiro atoms. The minimum Gasteiger partial charge on any atom is -0.395 e. The van der Waals surface area contributed by atoms with Gasteiger partial charge in [-0.05, 0) is 25.9 Å². The Kier molecular flexibility index (Phi) is 8.51. The highest BCUT2D eigenvalue weighted by Crippen LogP contribution is 1.98. The van der Waals surface area contributed by atoms with Crippen LogP contribution in [0.5, 0.6) is 0 Å². The first kappa shape index (κ1) is 13.4. The molecular formula is C9H21N3O2. The topological polar surface area (TPSA) is 78.6 Å². The molecule has 14 heavy (non-hydrogen) atoms. The fraction of sp³-hybridized carbons (Fsp3) is 0.889. The second-order valence-corrected chi connectivity index (χ2v) is 3.18. The lowest BCUT2D eigenvalue weighted by molar-refractivity contribution is -0.121. The molecule has 1 amide bonds. The summed E-state index contributed by atoms with van der Waals surface area (Å²) in [6.07, 6.45) is 2.28. The number of nitrogens with zero attached hydrogens (tertiary/aromatic N) is 1. The number of aliphatic hydroxyl groups is 1. The standard InChI is InChI=1S/C9H21N3O2/c1-2-12(7-8-13)6-4-3-5-9(14)11-10/h13H,2-8,10H2,1H3,(H,11,14). The van der Waals surface area contributed by atoms with E-state index in [0.29, 0.717) is 13.0 Å². The minimum atomic E-state index is -0.116. The molecule has 0 aliphatic carbocycles. The van der Waals surface area contributed by atoms with Crippen LogP contribution in [0, 0.1) is 0 Å². The zero-order valence-electron chi connectivity index (χ0n) is 8.83. The fourth-order valence-corrected chi connectivity index (χ4v) is 1.26. The first-order valence-electron chi connectivity index (χ1n) is 5.07. The Labute approximate surface area is 85.2 Å². The first-order valence-corrected chi connectivity index (χ1v) is 5.07. The number of unbranched alkanes of at least 4 members (excludes halogenated alkanes) is 1. The molecule has 0 radical (unpaired) electrons. The molecule has 84 valence electrons. The number of aliphatic hydroxyl groups excluding tert-OH is 1. The van der Waals surface area contributed by atoms with Crippen molar-refractivity contribution < 1.29 is 9.90 Å². The Balaban J connectivity index is 3.37. The number of rotatable bonds is 8. The van der Waals surface area contributed by atoms with E-state index in [1.54, 1.807) is 0 Å². The van der Waals surface area contributed by atoms with Crippen LogP contribution in [-0.4, -0.2) is 42.2 Å². The van der Waals surface area contributed by atoms with Crippen LogP contribution < -0.4 is 11.3 Å². The predicted octanol–water partition coefficient (Wildman–Crippen LogP) is -0.539. The Hall–Kier alpha value is -0.650. The third kappa shape index (κ3) is 6.82. The van der Waals surface area contributed by atoms with E-state index in [9.17, 15) is 4.79 Å². The van der Waals surface area contributed by atoms with Gasteiger partial charge in [0.2, 0.25) is 5.91 Å². The second-order valence-electron chi connectivity index (χ2n) is 3.18. The lowest BCUT2D eigenvalue weighted by atomic mass is 10.2. The fourth-order valence-electron chi connectivity index (χ4n) is 1.26. The van der Waals surface area contributed by atoms with Gasteiger partial charge in [-0.1, -0.05) is 6.92 Å². The zero-order valence-corrected chi connectivity index (χ0v) is 8.83. The maximum Gasteiger partial charge on any atom is 0.233 e. The van der Waals surface area contributed by atoms with Gasteiger partial charge in [-0.3, -0.25) is 10.2 Å². The first-order chi connectivity index (χ1) is 6.74. The molecule has 0 saturated carbocycles. The average Bonchev–Trinajstić information content (AvgIpc) is 2.22. The normalized spacial score (nSPS) is 10.6. The van der Waals surface area contributed by atoms with Crippen LogP contribution in [0.4, 0.5) is 0 Å². The summed E-state index contributed by atoms with van der Waals surface area (Å²) in [6, 6.07) is 0. The van der Waals surface area contributed by atoms with Crippen LogP contribution in [0.1, 0.15) is 26.2 Å². The number of nitrogens with one attached hydrogen (secondary N) is 1. The Morgan fingerprint density at radius 1 is 1.43 bits per heavy atom. The molecule has 0 rings (SSSR count). The summed E-state index contributed by atoms with van der Waals surface area (Å²) >= 11 is 0. The van der Waals surface area contributed by atoms with Crippen LogP contribution >= 0.6 is 0 Å². The summed E-state index contributed by atoms with van der Waals surface area (Å²) < 4.78 is 0. The van der Waals surface area contributed by atoms with Crippen LogP contribution in [0.25, 0.3) is 0 Å². The van der Waals surface area contributed by atoms with E-state index in [-0.39, 0.29) is 12.5 Å². The van der Waals surface area contributed by atoms with Crippen molar-refractivity contribution in [2.24, 2.45) is 5.84 Å². The van der Waals surface area contributed by atoms with E-state index in [2.05, 4.69) is 17.2 Å². The van der Waals surface area contributed by atoms with Gasteiger partial charge in [-0.15, -0.1) is 0 Å². The molecule has 0 bridgehead atoms. The van der Waals surface area contributed by atoms with E-state index < -0.39 is 0 Å². The van der Waals surface area contributed by atoms with Crippen molar-refractivity contribution in [2.45, 2.75) is 26.2 Å². The van der Waals surface area contributed by atoms with E-state index in [1.165, 1.54) is 0 Å². The SMILES string of the molecule is CCN(CCO)CCCCC(=O)NN. The maximum absolute atomic E-state index is 10.8. The molecule has 0 aromatic carbocycles. The highest BCUT2D eigenvalue weighted by Gasteiger charge is 2.02. The number of hydrogen-bond donors (Lipinski definition) is 3. The van der Waals surface area contributed by atoms with Crippen LogP contribution in [0.3, 0.4) is 0 Å². The van der Waals surface area contributed by atoms with Crippen LogP contribution in [0.2, 0.25) is 0 Å². The van der Waals surface area contributed by atoms with Gasteiger partial charge in [0.1, 0.15) is 0 Å². The Morgan fingerprint density at radius 3 is 2.64 bits per heavy atom. The molecule has 5 heteroatoms. The van der Waals surface area contributed by atoms with Crippen molar-refractivity contribution in [3.63, 3.8) is 0 Å². The zero-order chi connectivity index (χ0) is 10.8. The molecule has 0 aliphatic rings. The van der Waals surface area contributed by atoms with Crippen LogP contribution in [0.15, 0.2) is 0 Å². The highest BCUT2D eigenvalue weighted by atomic mass is 16.3.